The van der Waals surface area contributed by atoms with Crippen molar-refractivity contribution in [3.05, 3.63) is 41.5 Å². The van der Waals surface area contributed by atoms with Gasteiger partial charge in [0, 0.05) is 70.5 Å². The molecule has 1 N–H and O–H groups in total. The minimum atomic E-state index is -0.147. The fraction of sp³-hybridized carbons (Fsp3) is 0.640. The van der Waals surface area contributed by atoms with Crippen molar-refractivity contribution in [1.82, 2.24) is 25.0 Å². The molecule has 0 saturated carbocycles. The Bertz CT molecular complexity index is 931. The third-order valence-electron chi connectivity index (χ3n) is 7.30. The molecule has 2 saturated heterocycles. The number of carbonyl (C=O) groups is 1. The SMILES string of the molecule is C[C@@H](NC(=O)C1CCOCC1)c1nnc2n1CCN(Cc1ccc(N3CCCC3)cc1)CC2. The number of fused-ring (bicyclic) bond motifs is 1. The van der Waals surface area contributed by atoms with Crippen molar-refractivity contribution in [3.8, 4) is 0 Å². The molecule has 0 aliphatic carbocycles. The number of anilines is 1. The Morgan fingerprint density at radius 2 is 1.82 bits per heavy atom. The van der Waals surface area contributed by atoms with Crippen LogP contribution in [0.3, 0.4) is 0 Å². The molecule has 3 aliphatic heterocycles. The molecule has 0 bridgehead atoms. The minimum absolute atomic E-state index is 0.0417. The van der Waals surface area contributed by atoms with Gasteiger partial charge < -0.3 is 19.5 Å². The van der Waals surface area contributed by atoms with E-state index in [1.807, 2.05) is 6.92 Å². The van der Waals surface area contributed by atoms with Gasteiger partial charge in [0.15, 0.2) is 5.82 Å². The van der Waals surface area contributed by atoms with Crippen molar-refractivity contribution in [2.24, 2.45) is 5.92 Å². The highest BCUT2D eigenvalue weighted by Crippen LogP contribution is 2.22. The Balaban J connectivity index is 1.17. The number of amides is 1. The normalized spacial score (nSPS) is 20.9. The van der Waals surface area contributed by atoms with Crippen molar-refractivity contribution < 1.29 is 9.53 Å². The highest BCUT2D eigenvalue weighted by molar-refractivity contribution is 5.79. The highest BCUT2D eigenvalue weighted by Gasteiger charge is 2.26. The van der Waals surface area contributed by atoms with E-state index in [2.05, 4.69) is 54.1 Å². The summed E-state index contributed by atoms with van der Waals surface area (Å²) in [6.45, 7) is 9.43. The molecule has 3 aliphatic rings. The van der Waals surface area contributed by atoms with Crippen LogP contribution in [0, 0.1) is 5.92 Å². The van der Waals surface area contributed by atoms with E-state index in [1.165, 1.54) is 37.2 Å². The third kappa shape index (κ3) is 5.22. The number of rotatable bonds is 6. The molecule has 0 unspecified atom stereocenters. The van der Waals surface area contributed by atoms with Crippen LogP contribution in [0.5, 0.6) is 0 Å². The van der Waals surface area contributed by atoms with Gasteiger partial charge in [0.1, 0.15) is 5.82 Å². The zero-order valence-corrected chi connectivity index (χ0v) is 19.7. The number of nitrogens with one attached hydrogen (secondary N) is 1. The van der Waals surface area contributed by atoms with E-state index in [-0.39, 0.29) is 17.9 Å². The molecule has 0 radical (unpaired) electrons. The number of nitrogens with zero attached hydrogens (tertiary/aromatic N) is 5. The molecular weight excluding hydrogens is 416 g/mol. The van der Waals surface area contributed by atoms with Crippen LogP contribution in [0.1, 0.15) is 55.9 Å². The monoisotopic (exact) mass is 452 g/mol. The van der Waals surface area contributed by atoms with Gasteiger partial charge >= 0.3 is 0 Å². The van der Waals surface area contributed by atoms with Gasteiger partial charge in [-0.2, -0.15) is 0 Å². The summed E-state index contributed by atoms with van der Waals surface area (Å²) >= 11 is 0. The van der Waals surface area contributed by atoms with E-state index in [1.54, 1.807) is 0 Å². The fourth-order valence-corrected chi connectivity index (χ4v) is 5.27. The summed E-state index contributed by atoms with van der Waals surface area (Å²) < 4.78 is 7.60. The molecule has 33 heavy (non-hydrogen) atoms. The van der Waals surface area contributed by atoms with E-state index >= 15 is 0 Å². The van der Waals surface area contributed by atoms with E-state index < -0.39 is 0 Å². The predicted octanol–water partition coefficient (Wildman–Crippen LogP) is 2.54. The topological polar surface area (TPSA) is 75.5 Å². The molecule has 2 aromatic rings. The van der Waals surface area contributed by atoms with Crippen LogP contribution in [-0.2, 0) is 29.0 Å². The summed E-state index contributed by atoms with van der Waals surface area (Å²) in [7, 11) is 0. The second-order valence-corrected chi connectivity index (χ2v) is 9.63. The maximum absolute atomic E-state index is 12.7. The second-order valence-electron chi connectivity index (χ2n) is 9.63. The molecule has 1 amide bonds. The molecule has 8 nitrogen and oxygen atoms in total. The molecule has 1 aromatic carbocycles. The van der Waals surface area contributed by atoms with E-state index in [9.17, 15) is 4.79 Å². The van der Waals surface area contributed by atoms with Crippen molar-refractivity contribution in [3.63, 3.8) is 0 Å². The van der Waals surface area contributed by atoms with E-state index in [0.717, 1.165) is 57.1 Å². The maximum Gasteiger partial charge on any atom is 0.223 e. The summed E-state index contributed by atoms with van der Waals surface area (Å²) in [6.07, 6.45) is 5.08. The van der Waals surface area contributed by atoms with Crippen molar-refractivity contribution in [2.75, 3.05) is 44.3 Å². The Labute approximate surface area is 196 Å². The number of hydrogen-bond acceptors (Lipinski definition) is 6. The van der Waals surface area contributed by atoms with E-state index in [0.29, 0.717) is 13.2 Å². The zero-order chi connectivity index (χ0) is 22.6. The first-order chi connectivity index (χ1) is 16.2. The lowest BCUT2D eigenvalue weighted by Gasteiger charge is -2.24. The van der Waals surface area contributed by atoms with Gasteiger partial charge in [0.05, 0.1) is 6.04 Å². The number of benzene rings is 1. The molecule has 1 atom stereocenters. The Hall–Kier alpha value is -2.45. The fourth-order valence-electron chi connectivity index (χ4n) is 5.27. The maximum atomic E-state index is 12.7. The van der Waals surface area contributed by atoms with Crippen LogP contribution in [-0.4, -0.2) is 65.0 Å². The molecule has 178 valence electrons. The lowest BCUT2D eigenvalue weighted by atomic mass is 9.99. The standard InChI is InChI=1S/C25H36N6O2/c1-19(26-25(32)21-9-16-33-17-10-21)24-28-27-23-8-13-29(14-15-31(23)24)18-20-4-6-22(7-5-20)30-11-2-3-12-30/h4-7,19,21H,2-3,8-18H2,1H3,(H,26,32)/t19-/m1/s1. The Kier molecular flexibility index (Phi) is 6.92. The average molecular weight is 453 g/mol. The third-order valence-corrected chi connectivity index (χ3v) is 7.30. The zero-order valence-electron chi connectivity index (χ0n) is 19.7. The van der Waals surface area contributed by atoms with Crippen LogP contribution in [0.2, 0.25) is 0 Å². The van der Waals surface area contributed by atoms with Crippen molar-refractivity contribution in [2.45, 2.75) is 58.2 Å². The van der Waals surface area contributed by atoms with Gasteiger partial charge in [0.25, 0.3) is 0 Å². The lowest BCUT2D eigenvalue weighted by molar-refractivity contribution is -0.128. The van der Waals surface area contributed by atoms with Gasteiger partial charge in [-0.25, -0.2) is 0 Å². The quantitative estimate of drug-likeness (QED) is 0.726. The Morgan fingerprint density at radius 3 is 2.58 bits per heavy atom. The first kappa shape index (κ1) is 22.3. The Morgan fingerprint density at radius 1 is 1.06 bits per heavy atom. The predicted molar refractivity (Wildman–Crippen MR) is 127 cm³/mol. The molecule has 4 heterocycles. The largest absolute Gasteiger partial charge is 0.381 e. The first-order valence-electron chi connectivity index (χ1n) is 12.5. The summed E-state index contributed by atoms with van der Waals surface area (Å²) in [5.41, 5.74) is 2.70. The van der Waals surface area contributed by atoms with Crippen LogP contribution in [0.4, 0.5) is 5.69 Å². The summed E-state index contributed by atoms with van der Waals surface area (Å²) in [5, 5.41) is 12.1. The molecule has 0 spiro atoms. The van der Waals surface area contributed by atoms with Crippen molar-refractivity contribution in [1.29, 1.82) is 0 Å². The molecule has 8 heteroatoms. The number of aromatic nitrogens is 3. The number of carbonyl (C=O) groups excluding carboxylic acids is 1. The molecule has 1 aromatic heterocycles. The highest BCUT2D eigenvalue weighted by atomic mass is 16.5. The molecule has 2 fully saturated rings. The lowest BCUT2D eigenvalue weighted by Crippen LogP contribution is -2.36. The number of hydrogen-bond donors (Lipinski definition) is 1. The van der Waals surface area contributed by atoms with Crippen LogP contribution in [0.15, 0.2) is 24.3 Å². The van der Waals surface area contributed by atoms with E-state index in [4.69, 9.17) is 4.74 Å². The summed E-state index contributed by atoms with van der Waals surface area (Å²) in [6, 6.07) is 8.95. The van der Waals surface area contributed by atoms with Gasteiger partial charge in [-0.15, -0.1) is 10.2 Å². The average Bonchev–Trinajstić information content (AvgIpc) is 3.48. The van der Waals surface area contributed by atoms with Crippen LogP contribution in [0.25, 0.3) is 0 Å². The van der Waals surface area contributed by atoms with Crippen LogP contribution >= 0.6 is 0 Å². The molecular formula is C25H36N6O2. The second kappa shape index (κ2) is 10.2. The van der Waals surface area contributed by atoms with Crippen molar-refractivity contribution >= 4 is 11.6 Å². The van der Waals surface area contributed by atoms with Gasteiger partial charge in [-0.1, -0.05) is 12.1 Å². The van der Waals surface area contributed by atoms with Crippen LogP contribution < -0.4 is 10.2 Å². The van der Waals surface area contributed by atoms with Gasteiger partial charge in [-0.05, 0) is 50.3 Å². The summed E-state index contributed by atoms with van der Waals surface area (Å²) in [5.74, 6) is 2.03. The first-order valence-corrected chi connectivity index (χ1v) is 12.5. The van der Waals surface area contributed by atoms with Gasteiger partial charge in [0.2, 0.25) is 5.91 Å². The summed E-state index contributed by atoms with van der Waals surface area (Å²) in [4.78, 5) is 17.6. The number of ether oxygens (including phenoxy) is 1. The minimum Gasteiger partial charge on any atom is -0.381 e. The van der Waals surface area contributed by atoms with Gasteiger partial charge in [-0.3, -0.25) is 9.69 Å². The smallest absolute Gasteiger partial charge is 0.223 e. The molecule has 5 rings (SSSR count).